The van der Waals surface area contributed by atoms with Crippen molar-refractivity contribution >= 4 is 28.5 Å². The van der Waals surface area contributed by atoms with Crippen LogP contribution in [0.4, 0.5) is 23.7 Å². The number of hydrogen-bond acceptors (Lipinski definition) is 6. The van der Waals surface area contributed by atoms with Gasteiger partial charge in [-0.25, -0.2) is 14.8 Å². The van der Waals surface area contributed by atoms with Gasteiger partial charge in [-0.1, -0.05) is 0 Å². The first-order chi connectivity index (χ1) is 17.7. The molecule has 4 aromatic rings. The molecule has 0 bridgehead atoms. The van der Waals surface area contributed by atoms with Crippen LogP contribution < -0.4 is 20.7 Å². The zero-order valence-corrected chi connectivity index (χ0v) is 19.5. The first kappa shape index (κ1) is 24.3. The monoisotopic (exact) mass is 510 g/mol. The van der Waals surface area contributed by atoms with E-state index >= 15 is 0 Å². The Labute approximate surface area is 208 Å². The second-order valence-corrected chi connectivity index (χ2v) is 8.35. The van der Waals surface area contributed by atoms with Gasteiger partial charge < -0.3 is 20.7 Å². The highest BCUT2D eigenvalue weighted by Gasteiger charge is 2.32. The Bertz CT molecular complexity index is 1520. The van der Waals surface area contributed by atoms with Crippen molar-refractivity contribution in [3.8, 4) is 11.6 Å². The van der Waals surface area contributed by atoms with Crippen LogP contribution in [0.25, 0.3) is 10.9 Å². The van der Waals surface area contributed by atoms with Crippen molar-refractivity contribution in [3.63, 3.8) is 0 Å². The molecule has 0 aliphatic carbocycles. The third-order valence-corrected chi connectivity index (χ3v) is 5.94. The normalized spacial score (nSPS) is 13.2. The summed E-state index contributed by atoms with van der Waals surface area (Å²) in [4.78, 5) is 33.5. The molecule has 12 heteroatoms. The fourth-order valence-electron chi connectivity index (χ4n) is 4.14. The average molecular weight is 510 g/mol. The molecule has 0 atom stereocenters. The van der Waals surface area contributed by atoms with Gasteiger partial charge in [0.2, 0.25) is 5.88 Å². The number of nitrogens with one attached hydrogen (secondary N) is 3. The molecule has 2 amide bonds. The van der Waals surface area contributed by atoms with E-state index in [9.17, 15) is 22.8 Å². The summed E-state index contributed by atoms with van der Waals surface area (Å²) >= 11 is 0. The van der Waals surface area contributed by atoms with Gasteiger partial charge in [-0.05, 0) is 55.4 Å². The van der Waals surface area contributed by atoms with Crippen molar-refractivity contribution in [2.45, 2.75) is 19.1 Å². The van der Waals surface area contributed by atoms with Crippen LogP contribution in [0.3, 0.4) is 0 Å². The lowest BCUT2D eigenvalue weighted by atomic mass is 10.1. The second-order valence-electron chi connectivity index (χ2n) is 8.35. The number of anilines is 1. The number of halogens is 3. The number of alkyl halides is 3. The minimum atomic E-state index is -4.69. The zero-order chi connectivity index (χ0) is 26.2. The van der Waals surface area contributed by atoms with Gasteiger partial charge in [0.15, 0.2) is 0 Å². The largest absolute Gasteiger partial charge is 0.439 e. The van der Waals surface area contributed by atoms with Crippen LogP contribution in [0.15, 0.2) is 55.0 Å². The van der Waals surface area contributed by atoms with Gasteiger partial charge in [-0.15, -0.1) is 0 Å². The van der Waals surface area contributed by atoms with Gasteiger partial charge in [-0.3, -0.25) is 9.36 Å². The van der Waals surface area contributed by atoms with Crippen molar-refractivity contribution in [3.05, 3.63) is 77.4 Å². The smallest absolute Gasteiger partial charge is 0.416 e. The lowest BCUT2D eigenvalue weighted by Crippen LogP contribution is -2.25. The maximum absolute atomic E-state index is 13.3. The zero-order valence-electron chi connectivity index (χ0n) is 19.5. The maximum Gasteiger partial charge on any atom is 0.416 e. The van der Waals surface area contributed by atoms with Crippen LogP contribution in [0.1, 0.15) is 27.2 Å². The molecule has 0 spiro atoms. The van der Waals surface area contributed by atoms with E-state index in [1.807, 2.05) is 0 Å². The Balaban J connectivity index is 1.40. The average Bonchev–Trinajstić information content (AvgIpc) is 3.31. The molecule has 190 valence electrons. The number of hydrogen-bond donors (Lipinski definition) is 3. The molecular formula is C25H21F3N6O3. The van der Waals surface area contributed by atoms with Crippen molar-refractivity contribution in [1.82, 2.24) is 25.2 Å². The quantitative estimate of drug-likeness (QED) is 0.377. The minimum absolute atomic E-state index is 0.164. The molecule has 2 aromatic heterocycles. The number of rotatable bonds is 4. The van der Waals surface area contributed by atoms with E-state index in [1.54, 1.807) is 24.3 Å². The number of aromatic nitrogens is 3. The molecule has 9 nitrogen and oxygen atoms in total. The lowest BCUT2D eigenvalue weighted by molar-refractivity contribution is -0.137. The van der Waals surface area contributed by atoms with E-state index in [0.717, 1.165) is 36.4 Å². The number of ether oxygens (including phenoxy) is 1. The molecular weight excluding hydrogens is 489 g/mol. The highest BCUT2D eigenvalue weighted by molar-refractivity contribution is 6.00. The Hall–Kier alpha value is -4.45. The topological polar surface area (TPSA) is 110 Å². The van der Waals surface area contributed by atoms with Crippen LogP contribution in [-0.4, -0.2) is 40.1 Å². The maximum atomic E-state index is 13.3. The Morgan fingerprint density at radius 3 is 2.73 bits per heavy atom. The number of amides is 2. The van der Waals surface area contributed by atoms with E-state index in [-0.39, 0.29) is 11.3 Å². The standard InChI is InChI=1S/C25H21F3N6O3/c1-29-22(35)15-8-16(25(26,27)28)11-17(9-15)33-24(36)34-7-5-14-10-18(2-3-21(14)34)37-23-19-4-6-30-12-20(19)31-13-32-23/h2-3,5,7-11,13,30H,4,6,12H2,1H3,(H,29,35)(H,33,36). The van der Waals surface area contributed by atoms with E-state index in [4.69, 9.17) is 4.74 Å². The van der Waals surface area contributed by atoms with Gasteiger partial charge in [0.1, 0.15) is 12.1 Å². The molecule has 3 N–H and O–H groups in total. The Kier molecular flexibility index (Phi) is 6.25. The summed E-state index contributed by atoms with van der Waals surface area (Å²) in [5.41, 5.74) is 0.894. The Morgan fingerprint density at radius 2 is 1.95 bits per heavy atom. The summed E-state index contributed by atoms with van der Waals surface area (Å²) in [5.74, 6) is 0.277. The Morgan fingerprint density at radius 1 is 1.11 bits per heavy atom. The van der Waals surface area contributed by atoms with Crippen molar-refractivity contribution in [2.75, 3.05) is 18.9 Å². The molecule has 0 saturated carbocycles. The molecule has 0 saturated heterocycles. The highest BCUT2D eigenvalue weighted by Crippen LogP contribution is 2.33. The molecule has 0 fully saturated rings. The first-order valence-electron chi connectivity index (χ1n) is 11.3. The molecule has 0 unspecified atom stereocenters. The van der Waals surface area contributed by atoms with Gasteiger partial charge in [0.05, 0.1) is 16.8 Å². The molecule has 0 radical (unpaired) electrons. The summed E-state index contributed by atoms with van der Waals surface area (Å²) in [6, 6.07) is 8.76. The van der Waals surface area contributed by atoms with Gasteiger partial charge in [0.25, 0.3) is 5.91 Å². The summed E-state index contributed by atoms with van der Waals surface area (Å²) in [6.45, 7) is 1.44. The second kappa shape index (κ2) is 9.54. The first-order valence-corrected chi connectivity index (χ1v) is 11.3. The van der Waals surface area contributed by atoms with Gasteiger partial charge >= 0.3 is 12.2 Å². The van der Waals surface area contributed by atoms with E-state index in [2.05, 4.69) is 25.9 Å². The van der Waals surface area contributed by atoms with Crippen molar-refractivity contribution < 1.29 is 27.5 Å². The van der Waals surface area contributed by atoms with Gasteiger partial charge in [0, 0.05) is 42.0 Å². The number of carbonyl (C=O) groups is 2. The van der Waals surface area contributed by atoms with Crippen LogP contribution >= 0.6 is 0 Å². The lowest BCUT2D eigenvalue weighted by Gasteiger charge is -2.18. The molecule has 5 rings (SSSR count). The number of fused-ring (bicyclic) bond motifs is 2. The third kappa shape index (κ3) is 4.96. The van der Waals surface area contributed by atoms with E-state index in [1.165, 1.54) is 30.2 Å². The fourth-order valence-corrected chi connectivity index (χ4v) is 4.14. The number of nitrogens with zero attached hydrogens (tertiary/aromatic N) is 3. The van der Waals surface area contributed by atoms with Crippen LogP contribution in [0.2, 0.25) is 0 Å². The predicted octanol–water partition coefficient (Wildman–Crippen LogP) is 4.33. The number of carbonyl (C=O) groups excluding carboxylic acids is 2. The van der Waals surface area contributed by atoms with Crippen molar-refractivity contribution in [2.24, 2.45) is 0 Å². The van der Waals surface area contributed by atoms with E-state index in [0.29, 0.717) is 29.1 Å². The molecule has 3 heterocycles. The highest BCUT2D eigenvalue weighted by atomic mass is 19.4. The molecule has 1 aliphatic rings. The SMILES string of the molecule is CNC(=O)c1cc(NC(=O)n2ccc3cc(Oc4ncnc5c4CCNC5)ccc32)cc(C(F)(F)F)c1. The van der Waals surface area contributed by atoms with Gasteiger partial charge in [-0.2, -0.15) is 13.2 Å². The van der Waals surface area contributed by atoms with Crippen molar-refractivity contribution in [1.29, 1.82) is 0 Å². The summed E-state index contributed by atoms with van der Waals surface area (Å²) in [7, 11) is 1.31. The number of benzene rings is 2. The van der Waals surface area contributed by atoms with Crippen LogP contribution in [0.5, 0.6) is 11.6 Å². The third-order valence-electron chi connectivity index (χ3n) is 5.94. The molecule has 2 aromatic carbocycles. The summed E-state index contributed by atoms with van der Waals surface area (Å²) in [5, 5.41) is 8.65. The van der Waals surface area contributed by atoms with Crippen LogP contribution in [-0.2, 0) is 19.1 Å². The minimum Gasteiger partial charge on any atom is -0.439 e. The van der Waals surface area contributed by atoms with Crippen LogP contribution in [0, 0.1) is 0 Å². The fraction of sp³-hybridized carbons (Fsp3) is 0.200. The summed E-state index contributed by atoms with van der Waals surface area (Å²) < 4.78 is 47.3. The summed E-state index contributed by atoms with van der Waals surface area (Å²) in [6.07, 6.45) is -1.01. The predicted molar refractivity (Wildman–Crippen MR) is 129 cm³/mol. The van der Waals surface area contributed by atoms with E-state index < -0.39 is 23.7 Å². The molecule has 1 aliphatic heterocycles. The molecule has 37 heavy (non-hydrogen) atoms.